The summed E-state index contributed by atoms with van der Waals surface area (Å²) in [7, 11) is -1.60. The standard InChI is InChI=1S/C14H24N2O4S/c1-10-13(9-17)14(11(2)20-10)21(18,19)15-7-12-5-4-6-16(3)8-12/h12,15,17H,4-9H2,1-3H3. The van der Waals surface area contributed by atoms with Crippen molar-refractivity contribution < 1.29 is 17.9 Å². The van der Waals surface area contributed by atoms with Crippen LogP contribution in [0, 0.1) is 19.8 Å². The van der Waals surface area contributed by atoms with E-state index in [2.05, 4.69) is 9.62 Å². The average Bonchev–Trinajstić information content (AvgIpc) is 2.71. The Morgan fingerprint density at radius 1 is 1.38 bits per heavy atom. The molecule has 1 aromatic rings. The Morgan fingerprint density at radius 3 is 2.71 bits per heavy atom. The van der Waals surface area contributed by atoms with Crippen LogP contribution in [0.25, 0.3) is 0 Å². The molecule has 2 rings (SSSR count). The second-order valence-corrected chi connectivity index (χ2v) is 7.51. The molecular weight excluding hydrogens is 292 g/mol. The van der Waals surface area contributed by atoms with E-state index >= 15 is 0 Å². The highest BCUT2D eigenvalue weighted by Crippen LogP contribution is 2.26. The summed E-state index contributed by atoms with van der Waals surface area (Å²) in [5.74, 6) is 1.10. The first-order chi connectivity index (χ1) is 9.85. The van der Waals surface area contributed by atoms with Gasteiger partial charge in [0, 0.05) is 18.7 Å². The lowest BCUT2D eigenvalue weighted by Gasteiger charge is -2.29. The molecule has 1 aliphatic heterocycles. The molecule has 1 unspecified atom stereocenters. The molecule has 6 nitrogen and oxygen atoms in total. The molecule has 2 N–H and O–H groups in total. The highest BCUT2D eigenvalue weighted by Gasteiger charge is 2.27. The maximum atomic E-state index is 12.5. The molecule has 1 atom stereocenters. The number of nitrogens with one attached hydrogen (secondary N) is 1. The van der Waals surface area contributed by atoms with Crippen LogP contribution in [0.4, 0.5) is 0 Å². The lowest BCUT2D eigenvalue weighted by atomic mass is 9.99. The summed E-state index contributed by atoms with van der Waals surface area (Å²) < 4.78 is 33.0. The molecule has 0 radical (unpaired) electrons. The van der Waals surface area contributed by atoms with Crippen molar-refractivity contribution >= 4 is 10.0 Å². The van der Waals surface area contributed by atoms with Crippen LogP contribution in [0.3, 0.4) is 0 Å². The van der Waals surface area contributed by atoms with Gasteiger partial charge in [-0.05, 0) is 46.2 Å². The molecule has 0 bridgehead atoms. The average molecular weight is 316 g/mol. The Balaban J connectivity index is 2.12. The zero-order valence-corrected chi connectivity index (χ0v) is 13.7. The Morgan fingerprint density at radius 2 is 2.10 bits per heavy atom. The summed E-state index contributed by atoms with van der Waals surface area (Å²) in [4.78, 5) is 2.31. The van der Waals surface area contributed by atoms with Crippen molar-refractivity contribution in [1.82, 2.24) is 9.62 Å². The number of furan rings is 1. The van der Waals surface area contributed by atoms with Crippen LogP contribution < -0.4 is 4.72 Å². The van der Waals surface area contributed by atoms with E-state index in [1.165, 1.54) is 0 Å². The van der Waals surface area contributed by atoms with Gasteiger partial charge in [0.05, 0.1) is 6.61 Å². The Bertz CT molecular complexity index is 594. The molecule has 120 valence electrons. The molecule has 1 fully saturated rings. The van der Waals surface area contributed by atoms with Crippen molar-refractivity contribution in [3.05, 3.63) is 17.1 Å². The number of piperidine rings is 1. The minimum absolute atomic E-state index is 0.0895. The molecule has 21 heavy (non-hydrogen) atoms. The Kier molecular flexibility index (Phi) is 5.08. The molecule has 1 aromatic heterocycles. The van der Waals surface area contributed by atoms with E-state index in [4.69, 9.17) is 4.42 Å². The number of hydrogen-bond donors (Lipinski definition) is 2. The summed E-state index contributed by atoms with van der Waals surface area (Å²) in [6, 6.07) is 0. The fourth-order valence-electron chi connectivity index (χ4n) is 2.98. The monoisotopic (exact) mass is 316 g/mol. The van der Waals surface area contributed by atoms with Gasteiger partial charge in [0.1, 0.15) is 16.4 Å². The van der Waals surface area contributed by atoms with Crippen molar-refractivity contribution in [3.63, 3.8) is 0 Å². The van der Waals surface area contributed by atoms with Gasteiger partial charge in [0.2, 0.25) is 10.0 Å². The molecule has 0 aromatic carbocycles. The number of likely N-dealkylation sites (tertiary alicyclic amines) is 1. The first-order valence-corrected chi connectivity index (χ1v) is 8.71. The molecule has 0 amide bonds. The van der Waals surface area contributed by atoms with E-state index < -0.39 is 10.0 Å². The molecule has 0 spiro atoms. The topological polar surface area (TPSA) is 82.8 Å². The molecule has 0 saturated carbocycles. The number of aliphatic hydroxyl groups is 1. The number of aryl methyl sites for hydroxylation is 2. The number of aliphatic hydroxyl groups excluding tert-OH is 1. The summed E-state index contributed by atoms with van der Waals surface area (Å²) in [5.41, 5.74) is 0.348. The third-order valence-electron chi connectivity index (χ3n) is 4.04. The quantitative estimate of drug-likeness (QED) is 0.847. The summed E-state index contributed by atoms with van der Waals surface area (Å²) >= 11 is 0. The molecule has 1 aliphatic rings. The first kappa shape index (κ1) is 16.5. The highest BCUT2D eigenvalue weighted by molar-refractivity contribution is 7.89. The maximum absolute atomic E-state index is 12.5. The Hall–Kier alpha value is -0.890. The Labute approximate surface area is 126 Å². The predicted molar refractivity (Wildman–Crippen MR) is 79.5 cm³/mol. The molecule has 7 heteroatoms. The zero-order valence-electron chi connectivity index (χ0n) is 12.8. The van der Waals surface area contributed by atoms with Crippen LogP contribution in [0.15, 0.2) is 9.31 Å². The van der Waals surface area contributed by atoms with Gasteiger partial charge in [0.25, 0.3) is 0 Å². The zero-order chi connectivity index (χ0) is 15.6. The molecule has 2 heterocycles. The van der Waals surface area contributed by atoms with Gasteiger partial charge in [-0.3, -0.25) is 0 Å². The van der Waals surface area contributed by atoms with Crippen molar-refractivity contribution in [1.29, 1.82) is 0 Å². The van der Waals surface area contributed by atoms with E-state index in [9.17, 15) is 13.5 Å². The van der Waals surface area contributed by atoms with Gasteiger partial charge < -0.3 is 14.4 Å². The van der Waals surface area contributed by atoms with Gasteiger partial charge in [-0.1, -0.05) is 0 Å². The van der Waals surface area contributed by atoms with Gasteiger partial charge in [0.15, 0.2) is 0 Å². The summed E-state index contributed by atoms with van der Waals surface area (Å²) in [5, 5.41) is 9.37. The third kappa shape index (κ3) is 3.66. The number of sulfonamides is 1. The largest absolute Gasteiger partial charge is 0.465 e. The smallest absolute Gasteiger partial charge is 0.244 e. The van der Waals surface area contributed by atoms with E-state index in [0.29, 0.717) is 29.5 Å². The molecular formula is C14H24N2O4S. The van der Waals surface area contributed by atoms with E-state index in [1.807, 2.05) is 7.05 Å². The summed E-state index contributed by atoms with van der Waals surface area (Å²) in [6.07, 6.45) is 2.12. The van der Waals surface area contributed by atoms with E-state index in [-0.39, 0.29) is 11.5 Å². The first-order valence-electron chi connectivity index (χ1n) is 7.23. The number of nitrogens with zero attached hydrogens (tertiary/aromatic N) is 1. The van der Waals surface area contributed by atoms with Crippen molar-refractivity contribution in [2.75, 3.05) is 26.7 Å². The number of hydrogen-bond acceptors (Lipinski definition) is 5. The van der Waals surface area contributed by atoms with Gasteiger partial charge in [-0.2, -0.15) is 0 Å². The number of rotatable bonds is 5. The predicted octanol–water partition coefficient (Wildman–Crippen LogP) is 1.01. The van der Waals surface area contributed by atoms with Crippen LogP contribution in [-0.2, 0) is 16.6 Å². The lowest BCUT2D eigenvalue weighted by molar-refractivity contribution is 0.211. The van der Waals surface area contributed by atoms with Gasteiger partial charge in [-0.15, -0.1) is 0 Å². The van der Waals surface area contributed by atoms with Crippen LogP contribution in [-0.4, -0.2) is 45.1 Å². The lowest BCUT2D eigenvalue weighted by Crippen LogP contribution is -2.39. The minimum Gasteiger partial charge on any atom is -0.465 e. The minimum atomic E-state index is -3.65. The fraction of sp³-hybridized carbons (Fsp3) is 0.714. The second-order valence-electron chi connectivity index (χ2n) is 5.80. The van der Waals surface area contributed by atoms with Gasteiger partial charge in [-0.25, -0.2) is 13.1 Å². The van der Waals surface area contributed by atoms with E-state index in [1.54, 1.807) is 13.8 Å². The normalized spacial score (nSPS) is 20.9. The SMILES string of the molecule is Cc1oc(C)c(S(=O)(=O)NCC2CCCN(C)C2)c1CO. The molecule has 1 saturated heterocycles. The van der Waals surface area contributed by atoms with Crippen LogP contribution in [0.1, 0.15) is 29.9 Å². The van der Waals surface area contributed by atoms with E-state index in [0.717, 1.165) is 25.9 Å². The summed E-state index contributed by atoms with van der Waals surface area (Å²) in [6.45, 7) is 5.31. The second kappa shape index (κ2) is 6.48. The maximum Gasteiger partial charge on any atom is 0.244 e. The highest BCUT2D eigenvalue weighted by atomic mass is 32.2. The van der Waals surface area contributed by atoms with Crippen LogP contribution in [0.2, 0.25) is 0 Å². The molecule has 0 aliphatic carbocycles. The van der Waals surface area contributed by atoms with Gasteiger partial charge >= 0.3 is 0 Å². The van der Waals surface area contributed by atoms with Crippen molar-refractivity contribution in [2.45, 2.75) is 38.2 Å². The van der Waals surface area contributed by atoms with Crippen molar-refractivity contribution in [2.24, 2.45) is 5.92 Å². The van der Waals surface area contributed by atoms with Crippen molar-refractivity contribution in [3.8, 4) is 0 Å². The fourth-order valence-corrected chi connectivity index (χ4v) is 4.54. The van der Waals surface area contributed by atoms with Crippen LogP contribution in [0.5, 0.6) is 0 Å². The third-order valence-corrected chi connectivity index (χ3v) is 5.65. The van der Waals surface area contributed by atoms with Crippen LogP contribution >= 0.6 is 0 Å².